The van der Waals surface area contributed by atoms with E-state index in [1.54, 1.807) is 0 Å². The fourth-order valence-electron chi connectivity index (χ4n) is 8.11. The number of para-hydroxylation sites is 2. The number of rotatable bonds is 5. The van der Waals surface area contributed by atoms with E-state index in [1.165, 1.54) is 0 Å². The molecule has 0 saturated heterocycles. The first-order valence-corrected chi connectivity index (χ1v) is 18.2. The first kappa shape index (κ1) is 32.4. The van der Waals surface area contributed by atoms with Crippen LogP contribution < -0.4 is 0 Å². The fourth-order valence-corrected chi connectivity index (χ4v) is 8.11. The Morgan fingerprint density at radius 2 is 0.929 bits per heavy atom. The molecule has 0 fully saturated rings. The summed E-state index contributed by atoms with van der Waals surface area (Å²) in [5.74, 6) is 0. The molecule has 0 amide bonds. The number of pyridine rings is 1. The average molecular weight is 713 g/mol. The van der Waals surface area contributed by atoms with E-state index in [1.807, 2.05) is 109 Å². The lowest BCUT2D eigenvalue weighted by molar-refractivity contribution is 1.13. The molecule has 0 aliphatic rings. The number of hydrogen-bond acceptors (Lipinski definition) is 3. The van der Waals surface area contributed by atoms with E-state index in [9.17, 15) is 10.5 Å². The predicted molar refractivity (Wildman–Crippen MR) is 225 cm³/mol. The third-order valence-corrected chi connectivity index (χ3v) is 10.5. The van der Waals surface area contributed by atoms with E-state index >= 15 is 0 Å². The molecule has 10 rings (SSSR count). The molecule has 6 nitrogen and oxygen atoms in total. The summed E-state index contributed by atoms with van der Waals surface area (Å²) in [7, 11) is 0. The van der Waals surface area contributed by atoms with E-state index < -0.39 is 0 Å². The molecule has 7 aromatic carbocycles. The second-order valence-corrected chi connectivity index (χ2v) is 13.7. The Labute approximate surface area is 322 Å². The van der Waals surface area contributed by atoms with Gasteiger partial charge in [0.25, 0.3) is 0 Å². The van der Waals surface area contributed by atoms with Crippen LogP contribution in [-0.4, -0.2) is 14.1 Å². The topological polar surface area (TPSA) is 74.7 Å². The van der Waals surface area contributed by atoms with Gasteiger partial charge in [-0.25, -0.2) is 9.83 Å². The molecule has 0 aliphatic carbocycles. The molecule has 3 aromatic heterocycles. The van der Waals surface area contributed by atoms with Gasteiger partial charge >= 0.3 is 0 Å². The molecule has 258 valence electrons. The summed E-state index contributed by atoms with van der Waals surface area (Å²) in [5.41, 5.74) is 12.4. The number of nitrogens with zero attached hydrogens (tertiary/aromatic N) is 6. The van der Waals surface area contributed by atoms with Crippen molar-refractivity contribution in [1.29, 1.82) is 10.5 Å². The van der Waals surface area contributed by atoms with Gasteiger partial charge in [-0.05, 0) is 77.7 Å². The van der Waals surface area contributed by atoms with Gasteiger partial charge in [0.15, 0.2) is 5.69 Å². The van der Waals surface area contributed by atoms with E-state index in [0.717, 1.165) is 88.6 Å². The van der Waals surface area contributed by atoms with Crippen molar-refractivity contribution in [3.63, 3.8) is 0 Å². The normalized spacial score (nSPS) is 11.2. The quantitative estimate of drug-likeness (QED) is 0.167. The highest BCUT2D eigenvalue weighted by molar-refractivity contribution is 6.13. The second kappa shape index (κ2) is 13.0. The van der Waals surface area contributed by atoms with Gasteiger partial charge in [-0.1, -0.05) is 103 Å². The SMILES string of the molecule is [C-]#[N+]c1ccc2c(c1)c1ccccc1n2-c1cc(C#N)cc(-n2c3ccccc3c3cc(C#N)ccc32)c1-c1cc(-c2ccccc2)nc(-c2ccccc2)c1. The van der Waals surface area contributed by atoms with Crippen molar-refractivity contribution in [2.45, 2.75) is 0 Å². The zero-order chi connectivity index (χ0) is 37.8. The predicted octanol–water partition coefficient (Wildman–Crippen LogP) is 12.6. The van der Waals surface area contributed by atoms with Gasteiger partial charge in [0.1, 0.15) is 0 Å². The zero-order valence-corrected chi connectivity index (χ0v) is 29.8. The maximum atomic E-state index is 10.8. The highest BCUT2D eigenvalue weighted by Gasteiger charge is 2.24. The van der Waals surface area contributed by atoms with Crippen molar-refractivity contribution >= 4 is 49.3 Å². The molecule has 6 heteroatoms. The van der Waals surface area contributed by atoms with Crippen molar-refractivity contribution < 1.29 is 0 Å². The fraction of sp³-hybridized carbons (Fsp3) is 0. The summed E-state index contributed by atoms with van der Waals surface area (Å²) in [6.07, 6.45) is 0. The maximum absolute atomic E-state index is 10.8. The van der Waals surface area contributed by atoms with Crippen LogP contribution >= 0.6 is 0 Å². The Balaban J connectivity index is 1.42. The van der Waals surface area contributed by atoms with Crippen LogP contribution in [0.2, 0.25) is 0 Å². The molecular weight excluding hydrogens is 685 g/mol. The van der Waals surface area contributed by atoms with E-state index in [0.29, 0.717) is 16.8 Å². The average Bonchev–Trinajstić information content (AvgIpc) is 3.78. The lowest BCUT2D eigenvalue weighted by atomic mass is 9.95. The molecule has 56 heavy (non-hydrogen) atoms. The maximum Gasteiger partial charge on any atom is 0.188 e. The Bertz CT molecular complexity index is 3120. The monoisotopic (exact) mass is 712 g/mol. The van der Waals surface area contributed by atoms with E-state index in [2.05, 4.69) is 86.8 Å². The molecule has 0 saturated carbocycles. The van der Waals surface area contributed by atoms with Crippen molar-refractivity contribution in [1.82, 2.24) is 14.1 Å². The van der Waals surface area contributed by atoms with Crippen LogP contribution in [0, 0.1) is 29.2 Å². The largest absolute Gasteiger partial charge is 0.309 e. The van der Waals surface area contributed by atoms with Crippen molar-refractivity contribution in [3.8, 4) is 57.2 Å². The van der Waals surface area contributed by atoms with Gasteiger partial charge in [-0.15, -0.1) is 0 Å². The Morgan fingerprint density at radius 1 is 0.446 bits per heavy atom. The van der Waals surface area contributed by atoms with E-state index in [-0.39, 0.29) is 0 Å². The zero-order valence-electron chi connectivity index (χ0n) is 29.8. The molecular formula is C50H28N6. The van der Waals surface area contributed by atoms with Crippen LogP contribution in [0.5, 0.6) is 0 Å². The van der Waals surface area contributed by atoms with Crippen molar-refractivity contribution in [2.24, 2.45) is 0 Å². The molecule has 0 atom stereocenters. The number of nitriles is 2. The van der Waals surface area contributed by atoms with Crippen LogP contribution in [0.3, 0.4) is 0 Å². The molecule has 0 unspecified atom stereocenters. The number of aromatic nitrogens is 3. The summed E-state index contributed by atoms with van der Waals surface area (Å²) in [6.45, 7) is 7.80. The van der Waals surface area contributed by atoms with Gasteiger partial charge in [-0.2, -0.15) is 10.5 Å². The highest BCUT2D eigenvalue weighted by Crippen LogP contribution is 2.44. The van der Waals surface area contributed by atoms with E-state index in [4.69, 9.17) is 11.6 Å². The lowest BCUT2D eigenvalue weighted by Crippen LogP contribution is -2.05. The molecule has 0 aliphatic heterocycles. The van der Waals surface area contributed by atoms with Crippen LogP contribution in [0.15, 0.2) is 170 Å². The Morgan fingerprint density at radius 3 is 1.46 bits per heavy atom. The first-order valence-electron chi connectivity index (χ1n) is 18.2. The molecule has 3 heterocycles. The second-order valence-electron chi connectivity index (χ2n) is 13.7. The Kier molecular flexibility index (Phi) is 7.53. The van der Waals surface area contributed by atoms with Gasteiger partial charge < -0.3 is 9.13 Å². The van der Waals surface area contributed by atoms with Gasteiger partial charge in [0, 0.05) is 32.8 Å². The number of fused-ring (bicyclic) bond motifs is 6. The summed E-state index contributed by atoms with van der Waals surface area (Å²) in [6, 6.07) is 61.5. The molecule has 10 aromatic rings. The van der Waals surface area contributed by atoms with Crippen molar-refractivity contribution in [2.75, 3.05) is 0 Å². The van der Waals surface area contributed by atoms with Gasteiger partial charge in [0.05, 0.1) is 74.7 Å². The van der Waals surface area contributed by atoms with Crippen molar-refractivity contribution in [3.05, 3.63) is 192 Å². The number of benzene rings is 7. The molecule has 0 spiro atoms. The van der Waals surface area contributed by atoms with Crippen LogP contribution in [-0.2, 0) is 0 Å². The third kappa shape index (κ3) is 5.12. The Hall–Kier alpha value is -8.24. The van der Waals surface area contributed by atoms with Gasteiger partial charge in [-0.3, -0.25) is 0 Å². The van der Waals surface area contributed by atoms with Gasteiger partial charge in [0.2, 0.25) is 0 Å². The lowest BCUT2D eigenvalue weighted by Gasteiger charge is -2.22. The summed E-state index contributed by atoms with van der Waals surface area (Å²) < 4.78 is 4.45. The minimum atomic E-state index is 0.489. The van der Waals surface area contributed by atoms with Crippen LogP contribution in [0.4, 0.5) is 5.69 Å². The number of hydrogen-bond donors (Lipinski definition) is 0. The summed E-state index contributed by atoms with van der Waals surface area (Å²) in [5, 5.41) is 24.6. The van der Waals surface area contributed by atoms with Crippen LogP contribution in [0.1, 0.15) is 11.1 Å². The smallest absolute Gasteiger partial charge is 0.188 e. The minimum absolute atomic E-state index is 0.489. The summed E-state index contributed by atoms with van der Waals surface area (Å²) in [4.78, 5) is 9.00. The standard InChI is InChI=1S/C50H28N6/c1-53-37-21-23-47-41(29-37)39-17-9-11-19-45(39)56(47)49-26-33(31-52)25-48(55-44-18-10-8-16-38(44)40-24-32(30-51)20-22-46(40)55)50(49)36-27-42(34-12-4-2-5-13-34)54-43(28-36)35-14-6-3-7-15-35/h2-29H. The minimum Gasteiger partial charge on any atom is -0.309 e. The summed E-state index contributed by atoms with van der Waals surface area (Å²) >= 11 is 0. The molecule has 0 bridgehead atoms. The van der Waals surface area contributed by atoms with Crippen LogP contribution in [0.25, 0.3) is 93.5 Å². The first-order chi connectivity index (χ1) is 27.6. The molecule has 0 N–H and O–H groups in total. The molecule has 0 radical (unpaired) electrons. The third-order valence-electron chi connectivity index (χ3n) is 10.5. The highest BCUT2D eigenvalue weighted by atomic mass is 15.0.